The molecule has 0 bridgehead atoms. The Kier molecular flexibility index (Phi) is 5.79. The lowest BCUT2D eigenvalue weighted by Gasteiger charge is -2.35. The average Bonchev–Trinajstić information content (AvgIpc) is 3.15. The molecule has 5 nitrogen and oxygen atoms in total. The lowest BCUT2D eigenvalue weighted by Crippen LogP contribution is -2.53. The molecule has 2 heterocycles. The summed E-state index contributed by atoms with van der Waals surface area (Å²) >= 11 is 1.57. The first-order valence-electron chi connectivity index (χ1n) is 8.51. The van der Waals surface area contributed by atoms with Crippen LogP contribution in [-0.4, -0.2) is 66.3 Å². The average molecular weight is 348 g/mol. The predicted molar refractivity (Wildman–Crippen MR) is 94.0 cm³/mol. The van der Waals surface area contributed by atoms with E-state index in [2.05, 4.69) is 19.1 Å². The number of thioether (sulfide) groups is 1. The van der Waals surface area contributed by atoms with Crippen LogP contribution in [0, 0.1) is 6.92 Å². The van der Waals surface area contributed by atoms with Crippen LogP contribution >= 0.6 is 11.8 Å². The first-order chi connectivity index (χ1) is 11.6. The molecule has 0 aromatic heterocycles. The largest absolute Gasteiger partial charge is 0.368 e. The highest BCUT2D eigenvalue weighted by Gasteiger charge is 2.31. The fraction of sp³-hybridized carbons (Fsp3) is 0.556. The van der Waals surface area contributed by atoms with E-state index in [0.29, 0.717) is 38.5 Å². The molecule has 2 saturated heterocycles. The van der Waals surface area contributed by atoms with E-state index < -0.39 is 0 Å². The first kappa shape index (κ1) is 17.3. The molecular weight excluding hydrogens is 324 g/mol. The van der Waals surface area contributed by atoms with E-state index >= 15 is 0 Å². The third-order valence-corrected chi connectivity index (χ3v) is 5.53. The molecule has 2 aliphatic rings. The van der Waals surface area contributed by atoms with Gasteiger partial charge in [0.2, 0.25) is 5.91 Å². The molecule has 130 valence electrons. The number of benzene rings is 1. The monoisotopic (exact) mass is 348 g/mol. The van der Waals surface area contributed by atoms with Crippen molar-refractivity contribution < 1.29 is 14.3 Å². The van der Waals surface area contributed by atoms with Crippen LogP contribution < -0.4 is 0 Å². The van der Waals surface area contributed by atoms with Crippen LogP contribution in [0.4, 0.5) is 0 Å². The number of carbonyl (C=O) groups is 2. The van der Waals surface area contributed by atoms with Gasteiger partial charge in [0, 0.05) is 37.7 Å². The summed E-state index contributed by atoms with van der Waals surface area (Å²) in [6.07, 6.45) is 1.53. The Balaban J connectivity index is 1.43. The summed E-state index contributed by atoms with van der Waals surface area (Å²) in [5.41, 5.74) is 1.22. The van der Waals surface area contributed by atoms with E-state index in [9.17, 15) is 9.59 Å². The highest BCUT2D eigenvalue weighted by molar-refractivity contribution is 8.00. The first-order valence-corrected chi connectivity index (χ1v) is 9.49. The minimum atomic E-state index is -0.260. The summed E-state index contributed by atoms with van der Waals surface area (Å²) < 4.78 is 5.46. The number of hydrogen-bond donors (Lipinski definition) is 0. The van der Waals surface area contributed by atoms with E-state index in [1.54, 1.807) is 11.8 Å². The zero-order chi connectivity index (χ0) is 16.9. The summed E-state index contributed by atoms with van der Waals surface area (Å²) in [5, 5.41) is 0. The van der Waals surface area contributed by atoms with Gasteiger partial charge in [-0.3, -0.25) is 9.59 Å². The van der Waals surface area contributed by atoms with Gasteiger partial charge in [0.05, 0.1) is 5.75 Å². The highest BCUT2D eigenvalue weighted by Crippen LogP contribution is 2.20. The molecule has 1 aromatic carbocycles. The van der Waals surface area contributed by atoms with Crippen LogP contribution in [0.3, 0.4) is 0 Å². The smallest absolute Gasteiger partial charge is 0.251 e. The Hall–Kier alpha value is -1.53. The van der Waals surface area contributed by atoms with Crippen molar-refractivity contribution in [3.63, 3.8) is 0 Å². The maximum Gasteiger partial charge on any atom is 0.251 e. The second-order valence-corrected chi connectivity index (χ2v) is 7.36. The Morgan fingerprint density at radius 3 is 2.42 bits per heavy atom. The van der Waals surface area contributed by atoms with Gasteiger partial charge >= 0.3 is 0 Å². The maximum atomic E-state index is 12.3. The number of ether oxygens (including phenoxy) is 1. The summed E-state index contributed by atoms with van der Waals surface area (Å²) in [6.45, 7) is 5.19. The Labute approximate surface area is 147 Å². The Bertz CT molecular complexity index is 576. The van der Waals surface area contributed by atoms with Gasteiger partial charge in [-0.1, -0.05) is 17.7 Å². The van der Waals surface area contributed by atoms with Crippen molar-refractivity contribution in [1.29, 1.82) is 0 Å². The molecule has 0 saturated carbocycles. The SMILES string of the molecule is Cc1ccc(SCC(=O)N2CCN(C(=O)[C@@H]3CCCO3)CC2)cc1. The van der Waals surface area contributed by atoms with E-state index in [4.69, 9.17) is 4.74 Å². The zero-order valence-electron chi connectivity index (χ0n) is 14.1. The summed E-state index contributed by atoms with van der Waals surface area (Å²) in [6, 6.07) is 8.21. The van der Waals surface area contributed by atoms with Gasteiger partial charge < -0.3 is 14.5 Å². The van der Waals surface area contributed by atoms with Crippen LogP contribution in [0.15, 0.2) is 29.2 Å². The Morgan fingerprint density at radius 2 is 1.79 bits per heavy atom. The van der Waals surface area contributed by atoms with Gasteiger partial charge in [-0.25, -0.2) is 0 Å². The van der Waals surface area contributed by atoms with Crippen molar-refractivity contribution in [2.24, 2.45) is 0 Å². The molecule has 1 atom stereocenters. The van der Waals surface area contributed by atoms with Gasteiger partial charge in [-0.15, -0.1) is 11.8 Å². The quantitative estimate of drug-likeness (QED) is 0.781. The van der Waals surface area contributed by atoms with Crippen molar-refractivity contribution in [1.82, 2.24) is 9.80 Å². The molecule has 2 aliphatic heterocycles. The molecular formula is C18H24N2O3S. The minimum Gasteiger partial charge on any atom is -0.368 e. The second-order valence-electron chi connectivity index (χ2n) is 6.31. The molecule has 0 N–H and O–H groups in total. The van der Waals surface area contributed by atoms with Gasteiger partial charge in [0.1, 0.15) is 6.10 Å². The van der Waals surface area contributed by atoms with Crippen LogP contribution in [0.2, 0.25) is 0 Å². The third-order valence-electron chi connectivity index (χ3n) is 4.53. The number of amides is 2. The lowest BCUT2D eigenvalue weighted by molar-refractivity contribution is -0.145. The number of rotatable bonds is 4. The molecule has 0 radical (unpaired) electrons. The molecule has 3 rings (SSSR count). The van der Waals surface area contributed by atoms with Crippen LogP contribution in [0.5, 0.6) is 0 Å². The van der Waals surface area contributed by atoms with Crippen molar-refractivity contribution >= 4 is 23.6 Å². The zero-order valence-corrected chi connectivity index (χ0v) is 14.9. The number of hydrogen-bond acceptors (Lipinski definition) is 4. The molecule has 2 amide bonds. The highest BCUT2D eigenvalue weighted by atomic mass is 32.2. The van der Waals surface area contributed by atoms with Crippen LogP contribution in [-0.2, 0) is 14.3 Å². The lowest BCUT2D eigenvalue weighted by atomic mass is 10.2. The minimum absolute atomic E-state index is 0.0913. The number of piperazine rings is 1. The molecule has 6 heteroatoms. The van der Waals surface area contributed by atoms with Gasteiger partial charge in [0.25, 0.3) is 5.91 Å². The fourth-order valence-electron chi connectivity index (χ4n) is 3.02. The van der Waals surface area contributed by atoms with Crippen LogP contribution in [0.25, 0.3) is 0 Å². The maximum absolute atomic E-state index is 12.3. The van der Waals surface area contributed by atoms with Gasteiger partial charge in [0.15, 0.2) is 0 Å². The van der Waals surface area contributed by atoms with Crippen molar-refractivity contribution in [2.75, 3.05) is 38.5 Å². The van der Waals surface area contributed by atoms with Gasteiger partial charge in [-0.05, 0) is 31.9 Å². The predicted octanol–water partition coefficient (Wildman–Crippen LogP) is 1.94. The molecule has 0 aliphatic carbocycles. The fourth-order valence-corrected chi connectivity index (χ4v) is 3.82. The Morgan fingerprint density at radius 1 is 1.12 bits per heavy atom. The summed E-state index contributed by atoms with van der Waals surface area (Å²) in [7, 11) is 0. The second kappa shape index (κ2) is 8.03. The molecule has 0 unspecified atom stereocenters. The van der Waals surface area contributed by atoms with Crippen LogP contribution in [0.1, 0.15) is 18.4 Å². The summed E-state index contributed by atoms with van der Waals surface area (Å²) in [4.78, 5) is 29.5. The number of carbonyl (C=O) groups excluding carboxylic acids is 2. The number of nitrogens with zero attached hydrogens (tertiary/aromatic N) is 2. The number of aryl methyl sites for hydroxylation is 1. The molecule has 1 aromatic rings. The van der Waals surface area contributed by atoms with Crippen molar-refractivity contribution in [2.45, 2.75) is 30.8 Å². The van der Waals surface area contributed by atoms with E-state index in [0.717, 1.165) is 17.7 Å². The molecule has 0 spiro atoms. The standard InChI is InChI=1S/C18H24N2O3S/c1-14-4-6-15(7-5-14)24-13-17(21)19-8-10-20(11-9-19)18(22)16-3-2-12-23-16/h4-7,16H,2-3,8-13H2,1H3/t16-/m0/s1. The molecule has 2 fully saturated rings. The van der Waals surface area contributed by atoms with E-state index in [1.165, 1.54) is 5.56 Å². The normalized spacial score (nSPS) is 21.1. The van der Waals surface area contributed by atoms with Crippen molar-refractivity contribution in [3.8, 4) is 0 Å². The molecule has 24 heavy (non-hydrogen) atoms. The topological polar surface area (TPSA) is 49.9 Å². The van der Waals surface area contributed by atoms with E-state index in [-0.39, 0.29) is 17.9 Å². The van der Waals surface area contributed by atoms with Crippen molar-refractivity contribution in [3.05, 3.63) is 29.8 Å². The van der Waals surface area contributed by atoms with Gasteiger partial charge in [-0.2, -0.15) is 0 Å². The third kappa shape index (κ3) is 4.30. The van der Waals surface area contributed by atoms with E-state index in [1.807, 2.05) is 21.9 Å². The summed E-state index contributed by atoms with van der Waals surface area (Å²) in [5.74, 6) is 0.682.